The van der Waals surface area contributed by atoms with Crippen LogP contribution in [-0.4, -0.2) is 26.1 Å². The molecule has 6 nitrogen and oxygen atoms in total. The molecular formula is C12H11N5O. The minimum absolute atomic E-state index is 0.275. The number of para-hydroxylation sites is 2. The van der Waals surface area contributed by atoms with Crippen molar-refractivity contribution in [2.75, 3.05) is 5.32 Å². The Balaban J connectivity index is 1.87. The van der Waals surface area contributed by atoms with E-state index in [-0.39, 0.29) is 11.7 Å². The molecule has 2 heterocycles. The molecule has 0 saturated carbocycles. The normalized spacial score (nSPS) is 10.7. The molecule has 0 bridgehead atoms. The Hall–Kier alpha value is -2.63. The zero-order valence-electron chi connectivity index (χ0n) is 9.69. The summed E-state index contributed by atoms with van der Waals surface area (Å²) in [5, 5.41) is 9.36. The van der Waals surface area contributed by atoms with Gasteiger partial charge in [0.1, 0.15) is 0 Å². The number of anilines is 1. The molecule has 0 saturated heterocycles. The van der Waals surface area contributed by atoms with Crippen LogP contribution < -0.4 is 5.32 Å². The lowest BCUT2D eigenvalue weighted by atomic mass is 10.3. The number of imidazole rings is 1. The topological polar surface area (TPSA) is 86.5 Å². The van der Waals surface area contributed by atoms with Gasteiger partial charge in [-0.2, -0.15) is 5.10 Å². The number of amides is 1. The second kappa shape index (κ2) is 3.99. The summed E-state index contributed by atoms with van der Waals surface area (Å²) in [5.74, 6) is 0.451. The summed E-state index contributed by atoms with van der Waals surface area (Å²) in [6.45, 7) is 1.86. The number of H-pyrrole nitrogens is 2. The number of aromatic amines is 2. The molecule has 0 radical (unpaired) electrons. The highest BCUT2D eigenvalue weighted by atomic mass is 16.2. The number of nitrogens with one attached hydrogen (secondary N) is 3. The van der Waals surface area contributed by atoms with Gasteiger partial charge in [-0.05, 0) is 19.1 Å². The van der Waals surface area contributed by atoms with Crippen molar-refractivity contribution < 1.29 is 4.79 Å². The van der Waals surface area contributed by atoms with Crippen LogP contribution in [0.5, 0.6) is 0 Å². The number of hydrogen-bond acceptors (Lipinski definition) is 3. The number of fused-ring (bicyclic) bond motifs is 1. The number of aromatic nitrogens is 4. The van der Waals surface area contributed by atoms with E-state index in [1.165, 1.54) is 0 Å². The van der Waals surface area contributed by atoms with Crippen molar-refractivity contribution >= 4 is 22.8 Å². The Morgan fingerprint density at radius 2 is 2.17 bits per heavy atom. The van der Waals surface area contributed by atoms with Gasteiger partial charge in [0.15, 0.2) is 11.6 Å². The third-order valence-corrected chi connectivity index (χ3v) is 2.55. The van der Waals surface area contributed by atoms with E-state index in [9.17, 15) is 4.79 Å². The van der Waals surface area contributed by atoms with Crippen molar-refractivity contribution in [2.24, 2.45) is 0 Å². The van der Waals surface area contributed by atoms with Crippen LogP contribution in [-0.2, 0) is 0 Å². The largest absolute Gasteiger partial charge is 0.334 e. The number of carbonyl (C=O) groups is 1. The predicted molar refractivity (Wildman–Crippen MR) is 67.4 cm³/mol. The van der Waals surface area contributed by atoms with Gasteiger partial charge in [-0.1, -0.05) is 12.1 Å². The highest BCUT2D eigenvalue weighted by Crippen LogP contribution is 2.11. The molecule has 2 aromatic heterocycles. The summed E-state index contributed by atoms with van der Waals surface area (Å²) in [5.41, 5.74) is 2.48. The fourth-order valence-electron chi connectivity index (χ4n) is 1.72. The Morgan fingerprint density at radius 1 is 1.33 bits per heavy atom. The minimum atomic E-state index is -0.308. The first kappa shape index (κ1) is 10.5. The van der Waals surface area contributed by atoms with Crippen LogP contribution in [0.4, 0.5) is 5.82 Å². The molecule has 3 rings (SSSR count). The lowest BCUT2D eigenvalue weighted by Gasteiger charge is -1.96. The summed E-state index contributed by atoms with van der Waals surface area (Å²) in [6, 6.07) is 9.24. The van der Waals surface area contributed by atoms with Gasteiger partial charge in [-0.3, -0.25) is 9.89 Å². The Kier molecular flexibility index (Phi) is 2.33. The van der Waals surface area contributed by atoms with Crippen LogP contribution in [0.1, 0.15) is 16.3 Å². The lowest BCUT2D eigenvalue weighted by Crippen LogP contribution is -2.13. The molecule has 0 aliphatic carbocycles. The third kappa shape index (κ3) is 1.84. The average Bonchev–Trinajstić information content (AvgIpc) is 2.95. The third-order valence-electron chi connectivity index (χ3n) is 2.55. The van der Waals surface area contributed by atoms with Gasteiger partial charge in [0.25, 0.3) is 5.91 Å². The first-order chi connectivity index (χ1) is 8.72. The predicted octanol–water partition coefficient (Wildman–Crippen LogP) is 1.85. The second-order valence-corrected chi connectivity index (χ2v) is 3.99. The van der Waals surface area contributed by atoms with Crippen LogP contribution in [0.2, 0.25) is 0 Å². The van der Waals surface area contributed by atoms with Crippen LogP contribution in [0.25, 0.3) is 11.0 Å². The van der Waals surface area contributed by atoms with Crippen LogP contribution in [0.3, 0.4) is 0 Å². The van der Waals surface area contributed by atoms with E-state index in [2.05, 4.69) is 25.5 Å². The van der Waals surface area contributed by atoms with E-state index in [1.807, 2.05) is 31.2 Å². The monoisotopic (exact) mass is 241 g/mol. The number of hydrogen-bond donors (Lipinski definition) is 3. The molecule has 1 aromatic carbocycles. The van der Waals surface area contributed by atoms with Gasteiger partial charge in [-0.15, -0.1) is 0 Å². The Bertz CT molecular complexity index is 679. The zero-order valence-corrected chi connectivity index (χ0v) is 9.69. The molecule has 18 heavy (non-hydrogen) atoms. The number of benzene rings is 1. The number of rotatable bonds is 2. The SMILES string of the molecule is Cc1cc(NC(=O)c2nc3ccccc3[nH]2)n[nH]1. The maximum absolute atomic E-state index is 11.9. The van der Waals surface area contributed by atoms with E-state index >= 15 is 0 Å². The molecule has 90 valence electrons. The van der Waals surface area contributed by atoms with Gasteiger partial charge in [0.2, 0.25) is 0 Å². The van der Waals surface area contributed by atoms with Crippen molar-refractivity contribution in [3.63, 3.8) is 0 Å². The van der Waals surface area contributed by atoms with Gasteiger partial charge >= 0.3 is 0 Å². The standard InChI is InChI=1S/C12H11N5O/c1-7-6-10(17-16-7)15-12(18)11-13-8-4-2-3-5-9(8)14-11/h2-6H,1H3,(H,13,14)(H2,15,16,17,18). The summed E-state index contributed by atoms with van der Waals surface area (Å²) in [6.07, 6.45) is 0. The van der Waals surface area contributed by atoms with Crippen molar-refractivity contribution in [1.82, 2.24) is 20.2 Å². The molecule has 3 N–H and O–H groups in total. The van der Waals surface area contributed by atoms with E-state index in [0.717, 1.165) is 16.7 Å². The van der Waals surface area contributed by atoms with E-state index < -0.39 is 0 Å². The maximum Gasteiger partial charge on any atom is 0.292 e. The Morgan fingerprint density at radius 3 is 2.89 bits per heavy atom. The fourth-order valence-corrected chi connectivity index (χ4v) is 1.72. The van der Waals surface area contributed by atoms with E-state index in [0.29, 0.717) is 5.82 Å². The van der Waals surface area contributed by atoms with E-state index in [4.69, 9.17) is 0 Å². The molecule has 6 heteroatoms. The molecule has 0 aliphatic rings. The number of nitrogens with zero attached hydrogens (tertiary/aromatic N) is 2. The zero-order chi connectivity index (χ0) is 12.5. The number of carbonyl (C=O) groups excluding carboxylic acids is 1. The highest BCUT2D eigenvalue weighted by Gasteiger charge is 2.12. The first-order valence-electron chi connectivity index (χ1n) is 5.50. The minimum Gasteiger partial charge on any atom is -0.334 e. The highest BCUT2D eigenvalue weighted by molar-refractivity contribution is 6.02. The van der Waals surface area contributed by atoms with E-state index in [1.54, 1.807) is 6.07 Å². The average molecular weight is 241 g/mol. The molecule has 0 aliphatic heterocycles. The second-order valence-electron chi connectivity index (χ2n) is 3.99. The molecule has 0 spiro atoms. The van der Waals surface area contributed by atoms with Gasteiger partial charge in [-0.25, -0.2) is 4.98 Å². The summed E-state index contributed by atoms with van der Waals surface area (Å²) in [7, 11) is 0. The van der Waals surface area contributed by atoms with Crippen molar-refractivity contribution in [3.8, 4) is 0 Å². The molecule has 0 fully saturated rings. The summed E-state index contributed by atoms with van der Waals surface area (Å²) in [4.78, 5) is 19.1. The smallest absolute Gasteiger partial charge is 0.292 e. The van der Waals surface area contributed by atoms with Crippen LogP contribution >= 0.6 is 0 Å². The maximum atomic E-state index is 11.9. The molecule has 3 aromatic rings. The fraction of sp³-hybridized carbons (Fsp3) is 0.0833. The van der Waals surface area contributed by atoms with Crippen molar-refractivity contribution in [3.05, 3.63) is 41.9 Å². The van der Waals surface area contributed by atoms with Gasteiger partial charge in [0.05, 0.1) is 11.0 Å². The summed E-state index contributed by atoms with van der Waals surface area (Å²) < 4.78 is 0. The van der Waals surface area contributed by atoms with Gasteiger partial charge < -0.3 is 10.3 Å². The summed E-state index contributed by atoms with van der Waals surface area (Å²) >= 11 is 0. The lowest BCUT2D eigenvalue weighted by molar-refractivity contribution is 0.101. The first-order valence-corrected chi connectivity index (χ1v) is 5.50. The van der Waals surface area contributed by atoms with Crippen LogP contribution in [0.15, 0.2) is 30.3 Å². The molecular weight excluding hydrogens is 230 g/mol. The van der Waals surface area contributed by atoms with Crippen molar-refractivity contribution in [2.45, 2.75) is 6.92 Å². The van der Waals surface area contributed by atoms with Gasteiger partial charge in [0, 0.05) is 11.8 Å². The van der Waals surface area contributed by atoms with Crippen molar-refractivity contribution in [1.29, 1.82) is 0 Å². The molecule has 0 unspecified atom stereocenters. The molecule has 0 atom stereocenters. The quantitative estimate of drug-likeness (QED) is 0.639. The van der Waals surface area contributed by atoms with Crippen LogP contribution in [0, 0.1) is 6.92 Å². The Labute approximate surface area is 102 Å². The molecule has 1 amide bonds. The number of aryl methyl sites for hydroxylation is 1.